The lowest BCUT2D eigenvalue weighted by atomic mass is 9.90. The van der Waals surface area contributed by atoms with E-state index in [9.17, 15) is 13.2 Å². The van der Waals surface area contributed by atoms with E-state index in [1.807, 2.05) is 13.8 Å². The minimum absolute atomic E-state index is 0.0601. The predicted octanol–water partition coefficient (Wildman–Crippen LogP) is 0.478. The second-order valence-corrected chi connectivity index (χ2v) is 8.01. The zero-order chi connectivity index (χ0) is 13.8. The molecule has 1 heterocycles. The third-order valence-electron chi connectivity index (χ3n) is 3.40. The van der Waals surface area contributed by atoms with Crippen molar-refractivity contribution in [3.05, 3.63) is 0 Å². The van der Waals surface area contributed by atoms with Crippen molar-refractivity contribution in [1.82, 2.24) is 5.32 Å². The minimum Gasteiger partial charge on any atom is -0.396 e. The van der Waals surface area contributed by atoms with E-state index >= 15 is 0 Å². The van der Waals surface area contributed by atoms with Gasteiger partial charge in [-0.2, -0.15) is 0 Å². The van der Waals surface area contributed by atoms with Gasteiger partial charge in [-0.05, 0) is 24.7 Å². The van der Waals surface area contributed by atoms with E-state index < -0.39 is 15.1 Å². The molecule has 0 radical (unpaired) electrons. The molecule has 1 aliphatic heterocycles. The van der Waals surface area contributed by atoms with Gasteiger partial charge in [0, 0.05) is 13.2 Å². The fourth-order valence-electron chi connectivity index (χ4n) is 2.08. The Morgan fingerprint density at radius 1 is 1.39 bits per heavy atom. The molecule has 0 aliphatic carbocycles. The first-order valence-electron chi connectivity index (χ1n) is 6.39. The highest BCUT2D eigenvalue weighted by Gasteiger charge is 2.35. The van der Waals surface area contributed by atoms with Crippen molar-refractivity contribution in [2.45, 2.75) is 44.8 Å². The Morgan fingerprint density at radius 2 is 2.06 bits per heavy atom. The summed E-state index contributed by atoms with van der Waals surface area (Å²) >= 11 is 0. The summed E-state index contributed by atoms with van der Waals surface area (Å²) in [6.45, 7) is 4.31. The number of carbonyl (C=O) groups excluding carboxylic acids is 1. The maximum absolute atomic E-state index is 11.9. The van der Waals surface area contributed by atoms with Crippen molar-refractivity contribution in [2.75, 3.05) is 18.9 Å². The third-order valence-corrected chi connectivity index (χ3v) is 5.58. The molecule has 0 saturated carbocycles. The summed E-state index contributed by atoms with van der Waals surface area (Å²) in [6.07, 6.45) is 2.44. The molecule has 1 unspecified atom stereocenters. The van der Waals surface area contributed by atoms with Crippen LogP contribution in [0.25, 0.3) is 0 Å². The summed E-state index contributed by atoms with van der Waals surface area (Å²) in [5.41, 5.74) is -0.219. The maximum Gasteiger partial charge on any atom is 0.238 e. The second kappa shape index (κ2) is 6.02. The van der Waals surface area contributed by atoms with Crippen LogP contribution in [-0.4, -0.2) is 43.6 Å². The zero-order valence-corrected chi connectivity index (χ0v) is 11.9. The Labute approximate surface area is 109 Å². The molecular weight excluding hydrogens is 254 g/mol. The largest absolute Gasteiger partial charge is 0.396 e. The topological polar surface area (TPSA) is 83.5 Å². The van der Waals surface area contributed by atoms with Gasteiger partial charge in [-0.3, -0.25) is 4.79 Å². The van der Waals surface area contributed by atoms with E-state index in [1.54, 1.807) is 0 Å². The molecule has 2 N–H and O–H groups in total. The van der Waals surface area contributed by atoms with Gasteiger partial charge < -0.3 is 10.4 Å². The third kappa shape index (κ3) is 4.24. The highest BCUT2D eigenvalue weighted by Crippen LogP contribution is 2.21. The van der Waals surface area contributed by atoms with Crippen LogP contribution in [0, 0.1) is 5.41 Å². The number of aliphatic hydroxyl groups is 1. The zero-order valence-electron chi connectivity index (χ0n) is 11.1. The fraction of sp³-hybridized carbons (Fsp3) is 0.917. The molecule has 0 aromatic carbocycles. The van der Waals surface area contributed by atoms with Crippen LogP contribution in [0.15, 0.2) is 0 Å². The summed E-state index contributed by atoms with van der Waals surface area (Å²) in [6, 6.07) is 0. The van der Waals surface area contributed by atoms with Crippen LogP contribution in [0.5, 0.6) is 0 Å². The van der Waals surface area contributed by atoms with Gasteiger partial charge >= 0.3 is 0 Å². The highest BCUT2D eigenvalue weighted by atomic mass is 32.2. The molecule has 1 aliphatic rings. The van der Waals surface area contributed by atoms with Gasteiger partial charge in [0.2, 0.25) is 5.91 Å². The second-order valence-electron chi connectivity index (χ2n) is 5.71. The molecule has 0 aromatic heterocycles. The van der Waals surface area contributed by atoms with Crippen molar-refractivity contribution in [2.24, 2.45) is 5.41 Å². The summed E-state index contributed by atoms with van der Waals surface area (Å²) in [5, 5.41) is 10.7. The van der Waals surface area contributed by atoms with Crippen molar-refractivity contribution in [3.8, 4) is 0 Å². The highest BCUT2D eigenvalue weighted by molar-refractivity contribution is 7.92. The van der Waals surface area contributed by atoms with E-state index in [0.717, 1.165) is 6.42 Å². The summed E-state index contributed by atoms with van der Waals surface area (Å²) in [5.74, 6) is -0.272. The first kappa shape index (κ1) is 15.4. The maximum atomic E-state index is 11.9. The lowest BCUT2D eigenvalue weighted by Gasteiger charge is -2.26. The van der Waals surface area contributed by atoms with Crippen LogP contribution in [0.2, 0.25) is 0 Å². The Morgan fingerprint density at radius 3 is 2.61 bits per heavy atom. The summed E-state index contributed by atoms with van der Waals surface area (Å²) < 4.78 is 23.5. The van der Waals surface area contributed by atoms with Gasteiger partial charge in [0.05, 0.1) is 5.75 Å². The molecule has 1 atom stereocenters. The summed E-state index contributed by atoms with van der Waals surface area (Å²) in [7, 11) is -3.26. The molecule has 106 valence electrons. The van der Waals surface area contributed by atoms with Crippen molar-refractivity contribution in [1.29, 1.82) is 0 Å². The van der Waals surface area contributed by atoms with Crippen LogP contribution in [0.3, 0.4) is 0 Å². The molecular formula is C12H23NO4S. The van der Waals surface area contributed by atoms with Crippen LogP contribution in [-0.2, 0) is 14.6 Å². The first-order chi connectivity index (χ1) is 8.28. The fourth-order valence-corrected chi connectivity index (χ4v) is 3.91. The van der Waals surface area contributed by atoms with Crippen molar-refractivity contribution < 1.29 is 18.3 Å². The van der Waals surface area contributed by atoms with Crippen LogP contribution < -0.4 is 5.32 Å². The Kier molecular flexibility index (Phi) is 5.16. The number of rotatable bonds is 5. The standard InChI is InChI=1S/C12H23NO4S/c1-12(2,6-7-14)9-13-11(15)10-5-3-4-8-18(10,16)17/h10,14H,3-9H2,1-2H3,(H,13,15). The SMILES string of the molecule is CC(C)(CCO)CNC(=O)C1CCCCS1(=O)=O. The summed E-state index contributed by atoms with van der Waals surface area (Å²) in [4.78, 5) is 11.9. The van der Waals surface area contributed by atoms with Gasteiger partial charge in [-0.1, -0.05) is 20.3 Å². The number of amides is 1. The lowest BCUT2D eigenvalue weighted by molar-refractivity contribution is -0.121. The molecule has 5 nitrogen and oxygen atoms in total. The smallest absolute Gasteiger partial charge is 0.238 e. The van der Waals surface area contributed by atoms with E-state index in [-0.39, 0.29) is 23.7 Å². The van der Waals surface area contributed by atoms with Crippen LogP contribution in [0.4, 0.5) is 0 Å². The van der Waals surface area contributed by atoms with Crippen molar-refractivity contribution in [3.63, 3.8) is 0 Å². The van der Waals surface area contributed by atoms with Gasteiger partial charge in [0.15, 0.2) is 9.84 Å². The van der Waals surface area contributed by atoms with E-state index in [4.69, 9.17) is 5.11 Å². The molecule has 1 amide bonds. The number of sulfone groups is 1. The van der Waals surface area contributed by atoms with Gasteiger partial charge in [-0.25, -0.2) is 8.42 Å². The number of carbonyl (C=O) groups is 1. The van der Waals surface area contributed by atoms with Crippen LogP contribution in [0.1, 0.15) is 39.5 Å². The van der Waals surface area contributed by atoms with E-state index in [1.165, 1.54) is 0 Å². The predicted molar refractivity (Wildman–Crippen MR) is 69.9 cm³/mol. The minimum atomic E-state index is -3.26. The number of nitrogens with one attached hydrogen (secondary N) is 1. The molecule has 1 rings (SSSR count). The monoisotopic (exact) mass is 277 g/mol. The quantitative estimate of drug-likeness (QED) is 0.765. The first-order valence-corrected chi connectivity index (χ1v) is 8.10. The molecule has 0 bridgehead atoms. The Balaban J connectivity index is 2.55. The Bertz CT molecular complexity index is 389. The van der Waals surface area contributed by atoms with Gasteiger partial charge in [-0.15, -0.1) is 0 Å². The van der Waals surface area contributed by atoms with E-state index in [2.05, 4.69) is 5.32 Å². The molecule has 6 heteroatoms. The average Bonchev–Trinajstić information content (AvgIpc) is 2.25. The van der Waals surface area contributed by atoms with E-state index in [0.29, 0.717) is 25.8 Å². The lowest BCUT2D eigenvalue weighted by Crippen LogP contribution is -2.45. The average molecular weight is 277 g/mol. The number of hydrogen-bond acceptors (Lipinski definition) is 4. The normalized spacial score (nSPS) is 23.6. The number of aliphatic hydroxyl groups excluding tert-OH is 1. The molecule has 0 aromatic rings. The molecule has 0 spiro atoms. The van der Waals surface area contributed by atoms with Crippen LogP contribution >= 0.6 is 0 Å². The van der Waals surface area contributed by atoms with Gasteiger partial charge in [0.1, 0.15) is 5.25 Å². The number of hydrogen-bond donors (Lipinski definition) is 2. The van der Waals surface area contributed by atoms with Crippen molar-refractivity contribution >= 4 is 15.7 Å². The molecule has 1 saturated heterocycles. The Hall–Kier alpha value is -0.620. The van der Waals surface area contributed by atoms with Gasteiger partial charge in [0.25, 0.3) is 0 Å². The molecule has 1 fully saturated rings. The molecule has 18 heavy (non-hydrogen) atoms.